The molecule has 7 nitrogen and oxygen atoms in total. The number of nitrogens with zero attached hydrogens (tertiary/aromatic N) is 2. The fraction of sp³-hybridized carbons (Fsp3) is 0.333. The first-order chi connectivity index (χ1) is 16.6. The Bertz CT molecular complexity index is 1120. The van der Waals surface area contributed by atoms with Crippen molar-refractivity contribution in [1.29, 1.82) is 0 Å². The lowest BCUT2D eigenvalue weighted by Gasteiger charge is -2.24. The summed E-state index contributed by atoms with van der Waals surface area (Å²) in [6.45, 7) is 3.18. The first kappa shape index (κ1) is 23.4. The molecule has 0 spiro atoms. The van der Waals surface area contributed by atoms with Crippen LogP contribution < -0.4 is 18.9 Å². The van der Waals surface area contributed by atoms with Crippen molar-refractivity contribution in [3.63, 3.8) is 0 Å². The van der Waals surface area contributed by atoms with E-state index in [4.69, 9.17) is 18.9 Å². The largest absolute Gasteiger partial charge is 0.497 e. The molecule has 0 aliphatic heterocycles. The number of aromatic nitrogens is 1. The quantitative estimate of drug-likeness (QED) is 0.404. The number of hydrogen-bond acceptors (Lipinski definition) is 6. The summed E-state index contributed by atoms with van der Waals surface area (Å²) in [6.07, 6.45) is 5.46. The smallest absolute Gasteiger partial charge is 0.254 e. The van der Waals surface area contributed by atoms with E-state index < -0.39 is 0 Å². The normalized spacial score (nSPS) is 12.7. The average molecular weight is 463 g/mol. The fourth-order valence-corrected chi connectivity index (χ4v) is 3.78. The Hall–Kier alpha value is -3.74. The second kappa shape index (κ2) is 10.9. The van der Waals surface area contributed by atoms with Gasteiger partial charge in [-0.2, -0.15) is 0 Å². The molecule has 1 fully saturated rings. The number of rotatable bonds is 11. The zero-order chi connectivity index (χ0) is 23.9. The maximum atomic E-state index is 13.6. The van der Waals surface area contributed by atoms with E-state index in [9.17, 15) is 4.79 Å². The van der Waals surface area contributed by atoms with Gasteiger partial charge in [0.1, 0.15) is 18.1 Å². The number of carbonyl (C=O) groups excluding carboxylic acids is 1. The highest BCUT2D eigenvalue weighted by molar-refractivity contribution is 5.95. The monoisotopic (exact) mass is 462 g/mol. The van der Waals surface area contributed by atoms with Crippen molar-refractivity contribution in [1.82, 2.24) is 9.88 Å². The van der Waals surface area contributed by atoms with E-state index in [1.54, 1.807) is 44.8 Å². The molecule has 0 N–H and O–H groups in total. The second-order valence-electron chi connectivity index (χ2n) is 8.09. The van der Waals surface area contributed by atoms with E-state index in [2.05, 4.69) is 4.98 Å². The highest BCUT2D eigenvalue weighted by Gasteiger charge is 2.34. The molecule has 0 bridgehead atoms. The number of methoxy groups -OCH3 is 2. The lowest BCUT2D eigenvalue weighted by atomic mass is 10.1. The third-order valence-electron chi connectivity index (χ3n) is 5.68. The van der Waals surface area contributed by atoms with Gasteiger partial charge in [0.2, 0.25) is 0 Å². The molecule has 0 atom stereocenters. The van der Waals surface area contributed by atoms with Gasteiger partial charge in [-0.05, 0) is 62.2 Å². The van der Waals surface area contributed by atoms with Crippen molar-refractivity contribution in [3.8, 4) is 23.0 Å². The van der Waals surface area contributed by atoms with Crippen LogP contribution in [-0.2, 0) is 13.2 Å². The van der Waals surface area contributed by atoms with E-state index in [1.807, 2.05) is 42.2 Å². The summed E-state index contributed by atoms with van der Waals surface area (Å²) >= 11 is 0. The van der Waals surface area contributed by atoms with E-state index in [-0.39, 0.29) is 11.9 Å². The minimum Gasteiger partial charge on any atom is -0.497 e. The van der Waals surface area contributed by atoms with Crippen molar-refractivity contribution >= 4 is 5.91 Å². The molecule has 1 saturated carbocycles. The van der Waals surface area contributed by atoms with Crippen LogP contribution in [0.4, 0.5) is 0 Å². The maximum absolute atomic E-state index is 13.6. The van der Waals surface area contributed by atoms with Crippen molar-refractivity contribution in [2.45, 2.75) is 39.0 Å². The molecule has 0 saturated heterocycles. The fourth-order valence-electron chi connectivity index (χ4n) is 3.78. The van der Waals surface area contributed by atoms with E-state index in [1.165, 1.54) is 0 Å². The third kappa shape index (κ3) is 5.60. The van der Waals surface area contributed by atoms with Crippen LogP contribution in [0.15, 0.2) is 60.9 Å². The molecular weight excluding hydrogens is 432 g/mol. The summed E-state index contributed by atoms with van der Waals surface area (Å²) in [5, 5.41) is 0. The molecule has 0 radical (unpaired) electrons. The summed E-state index contributed by atoms with van der Waals surface area (Å²) in [7, 11) is 3.26. The van der Waals surface area contributed by atoms with Gasteiger partial charge in [-0.15, -0.1) is 0 Å². The van der Waals surface area contributed by atoms with Crippen LogP contribution in [0.5, 0.6) is 23.0 Å². The van der Waals surface area contributed by atoms with Crippen LogP contribution in [-0.4, -0.2) is 42.7 Å². The maximum Gasteiger partial charge on any atom is 0.254 e. The topological polar surface area (TPSA) is 70.1 Å². The second-order valence-corrected chi connectivity index (χ2v) is 8.09. The van der Waals surface area contributed by atoms with Crippen molar-refractivity contribution < 1.29 is 23.7 Å². The molecule has 1 aliphatic carbocycles. The van der Waals surface area contributed by atoms with Crippen LogP contribution in [0.1, 0.15) is 41.3 Å². The summed E-state index contributed by atoms with van der Waals surface area (Å²) in [6, 6.07) is 15.0. The predicted octanol–water partition coefficient (Wildman–Crippen LogP) is 4.88. The van der Waals surface area contributed by atoms with Gasteiger partial charge < -0.3 is 23.8 Å². The summed E-state index contributed by atoms with van der Waals surface area (Å²) in [5.41, 5.74) is 2.42. The minimum absolute atomic E-state index is 0.0489. The van der Waals surface area contributed by atoms with Crippen LogP contribution >= 0.6 is 0 Å². The van der Waals surface area contributed by atoms with Crippen LogP contribution in [0.3, 0.4) is 0 Å². The van der Waals surface area contributed by atoms with Crippen molar-refractivity contribution in [2.75, 3.05) is 20.8 Å². The molecule has 1 heterocycles. The molecule has 4 rings (SSSR count). The zero-order valence-corrected chi connectivity index (χ0v) is 19.8. The number of hydrogen-bond donors (Lipinski definition) is 0. The summed E-state index contributed by atoms with van der Waals surface area (Å²) in [5.74, 6) is 2.55. The number of benzene rings is 2. The van der Waals surface area contributed by atoms with Gasteiger partial charge in [0, 0.05) is 35.1 Å². The molecule has 7 heteroatoms. The predicted molar refractivity (Wildman–Crippen MR) is 129 cm³/mol. The van der Waals surface area contributed by atoms with Crippen molar-refractivity contribution in [3.05, 3.63) is 77.6 Å². The Kier molecular flexibility index (Phi) is 7.52. The van der Waals surface area contributed by atoms with Crippen molar-refractivity contribution in [2.24, 2.45) is 0 Å². The van der Waals surface area contributed by atoms with Crippen LogP contribution in [0, 0.1) is 0 Å². The van der Waals surface area contributed by atoms with E-state index in [0.29, 0.717) is 36.8 Å². The number of ether oxygens (including phenoxy) is 4. The lowest BCUT2D eigenvalue weighted by Crippen LogP contribution is -2.32. The Morgan fingerprint density at radius 2 is 1.82 bits per heavy atom. The summed E-state index contributed by atoms with van der Waals surface area (Å²) < 4.78 is 22.7. The van der Waals surface area contributed by atoms with Gasteiger partial charge in [0.15, 0.2) is 11.5 Å². The average Bonchev–Trinajstić information content (AvgIpc) is 3.72. The van der Waals surface area contributed by atoms with Gasteiger partial charge >= 0.3 is 0 Å². The van der Waals surface area contributed by atoms with Gasteiger partial charge in [-0.25, -0.2) is 0 Å². The molecular formula is C27H30N2O5. The van der Waals surface area contributed by atoms with Gasteiger partial charge in [-0.1, -0.05) is 6.07 Å². The third-order valence-corrected chi connectivity index (χ3v) is 5.68. The molecule has 1 amide bonds. The number of amides is 1. The molecule has 178 valence electrons. The lowest BCUT2D eigenvalue weighted by molar-refractivity contribution is 0.0728. The molecule has 1 aromatic heterocycles. The van der Waals surface area contributed by atoms with Gasteiger partial charge in [0.25, 0.3) is 5.91 Å². The molecule has 3 aromatic rings. The highest BCUT2D eigenvalue weighted by Crippen LogP contribution is 2.35. The standard InChI is InChI=1S/C27H30N2O5/c1-4-33-26-15-20(7-11-25(26)34-18-19-6-5-13-28-16-19)27(30)29(22-8-9-22)17-21-14-23(31-2)10-12-24(21)32-3/h5-7,10-16,22H,4,8-9,17-18H2,1-3H3. The molecule has 2 aromatic carbocycles. The Labute approximate surface area is 200 Å². The minimum atomic E-state index is -0.0489. The Morgan fingerprint density at radius 1 is 1.00 bits per heavy atom. The zero-order valence-electron chi connectivity index (χ0n) is 19.8. The highest BCUT2D eigenvalue weighted by atomic mass is 16.5. The summed E-state index contributed by atoms with van der Waals surface area (Å²) in [4.78, 5) is 19.6. The Balaban J connectivity index is 1.56. The first-order valence-corrected chi connectivity index (χ1v) is 11.4. The number of carbonyl (C=O) groups is 1. The van der Waals surface area contributed by atoms with E-state index in [0.717, 1.165) is 35.5 Å². The van der Waals surface area contributed by atoms with Crippen LogP contribution in [0.25, 0.3) is 0 Å². The SMILES string of the molecule is CCOc1cc(C(=O)N(Cc2cc(OC)ccc2OC)C2CC2)ccc1OCc1cccnc1. The van der Waals surface area contributed by atoms with E-state index >= 15 is 0 Å². The molecule has 34 heavy (non-hydrogen) atoms. The number of pyridine rings is 1. The van der Waals surface area contributed by atoms with Gasteiger partial charge in [0.05, 0.1) is 27.4 Å². The first-order valence-electron chi connectivity index (χ1n) is 11.4. The molecule has 1 aliphatic rings. The Morgan fingerprint density at radius 3 is 2.50 bits per heavy atom. The van der Waals surface area contributed by atoms with Gasteiger partial charge in [-0.3, -0.25) is 9.78 Å². The van der Waals surface area contributed by atoms with Crippen LogP contribution in [0.2, 0.25) is 0 Å². The molecule has 0 unspecified atom stereocenters.